The minimum atomic E-state index is -10.1. The van der Waals surface area contributed by atoms with Gasteiger partial charge in [-0.15, -0.1) is 0 Å². The van der Waals surface area contributed by atoms with E-state index < -0.39 is 110 Å². The monoisotopic (exact) mass is 918 g/mol. The molecular formula is C20H13F31O3Si. The van der Waals surface area contributed by atoms with Crippen molar-refractivity contribution in [3.63, 3.8) is 0 Å². The lowest BCUT2D eigenvalue weighted by atomic mass is 9.83. The van der Waals surface area contributed by atoms with E-state index in [2.05, 4.69) is 13.3 Å². The van der Waals surface area contributed by atoms with Crippen molar-refractivity contribution in [3.8, 4) is 0 Å². The van der Waals surface area contributed by atoms with Gasteiger partial charge in [0.25, 0.3) is 0 Å². The number of alkyl halides is 31. The molecular weight excluding hydrogens is 905 g/mol. The molecule has 0 aliphatic rings. The largest absolute Gasteiger partial charge is 0.500 e. The molecule has 0 aliphatic heterocycles. The van der Waals surface area contributed by atoms with E-state index in [1.165, 1.54) is 0 Å². The first kappa shape index (κ1) is 52.9. The fourth-order valence-electron chi connectivity index (χ4n) is 3.60. The molecule has 0 spiro atoms. The Morgan fingerprint density at radius 1 is 0.273 bits per heavy atom. The number of halogens is 31. The summed E-state index contributed by atoms with van der Waals surface area (Å²) in [5.74, 6) is -132. The van der Waals surface area contributed by atoms with Crippen LogP contribution in [0, 0.1) is 0 Å². The molecule has 0 atom stereocenters. The number of hydrogen-bond acceptors (Lipinski definition) is 3. The van der Waals surface area contributed by atoms with E-state index in [9.17, 15) is 136 Å². The molecule has 0 rings (SSSR count). The highest BCUT2D eigenvalue weighted by atomic mass is 28.4. The Morgan fingerprint density at radius 3 is 0.600 bits per heavy atom. The van der Waals surface area contributed by atoms with Gasteiger partial charge in [0.15, 0.2) is 0 Å². The third kappa shape index (κ3) is 6.61. The van der Waals surface area contributed by atoms with Gasteiger partial charge in [0.05, 0.1) is 0 Å². The van der Waals surface area contributed by atoms with Gasteiger partial charge in [-0.25, -0.2) is 0 Å². The van der Waals surface area contributed by atoms with Crippen molar-refractivity contribution in [2.75, 3.05) is 21.3 Å². The normalized spacial score (nSPS) is 16.9. The molecule has 0 fully saturated rings. The predicted molar refractivity (Wildman–Crippen MR) is 112 cm³/mol. The highest BCUT2D eigenvalue weighted by Crippen LogP contribution is 2.69. The Bertz CT molecular complexity index is 1340. The van der Waals surface area contributed by atoms with Crippen LogP contribution in [0.5, 0.6) is 0 Å². The summed E-state index contributed by atoms with van der Waals surface area (Å²) >= 11 is 0. The van der Waals surface area contributed by atoms with Crippen LogP contribution in [0.2, 0.25) is 6.04 Å². The summed E-state index contributed by atoms with van der Waals surface area (Å²) in [6.45, 7) is 0. The summed E-state index contributed by atoms with van der Waals surface area (Å²) in [5, 5.41) is 0. The molecule has 3 nitrogen and oxygen atoms in total. The second-order valence-electron chi connectivity index (χ2n) is 10.5. The highest BCUT2D eigenvalue weighted by molar-refractivity contribution is 6.60. The van der Waals surface area contributed by atoms with E-state index in [-0.39, 0.29) is 0 Å². The molecule has 0 bridgehead atoms. The van der Waals surface area contributed by atoms with Crippen molar-refractivity contribution >= 4 is 8.80 Å². The fourth-order valence-corrected chi connectivity index (χ4v) is 5.33. The van der Waals surface area contributed by atoms with Crippen molar-refractivity contribution in [1.29, 1.82) is 0 Å². The van der Waals surface area contributed by atoms with Gasteiger partial charge in [0, 0.05) is 33.8 Å². The van der Waals surface area contributed by atoms with Crippen LogP contribution in [0.3, 0.4) is 0 Å². The van der Waals surface area contributed by atoms with Crippen LogP contribution in [-0.2, 0) is 13.3 Å². The molecule has 0 aliphatic carbocycles. The van der Waals surface area contributed by atoms with Crippen LogP contribution < -0.4 is 0 Å². The first-order valence-electron chi connectivity index (χ1n) is 12.4. The van der Waals surface area contributed by atoms with E-state index in [4.69, 9.17) is 0 Å². The first-order chi connectivity index (χ1) is 23.4. The second kappa shape index (κ2) is 13.8. The van der Waals surface area contributed by atoms with Gasteiger partial charge in [-0.2, -0.15) is 136 Å². The standard InChI is InChI=1S/C20H13F31O3Si/c1-52-55(53-2,54-3)5-4-6(21,22)7(23,24)8(25,26)9(27,28)10(29,30)11(31,32)12(33,34)13(35,36)14(37,38)15(39,40)16(41,42)17(43,44)18(45,46)19(47,48)20(49,50)51/h4-5H2,1-3H3. The van der Waals surface area contributed by atoms with Crippen LogP contribution in [0.15, 0.2) is 0 Å². The van der Waals surface area contributed by atoms with Crippen LogP contribution in [0.4, 0.5) is 136 Å². The molecule has 0 amide bonds. The van der Waals surface area contributed by atoms with E-state index >= 15 is 0 Å². The Labute approximate surface area is 282 Å². The summed E-state index contributed by atoms with van der Waals surface area (Å²) in [6.07, 6.45) is -11.5. The third-order valence-corrected chi connectivity index (χ3v) is 9.95. The van der Waals surface area contributed by atoms with Gasteiger partial charge in [0.2, 0.25) is 0 Å². The van der Waals surface area contributed by atoms with Crippen molar-refractivity contribution in [2.24, 2.45) is 0 Å². The zero-order valence-corrected chi connectivity index (χ0v) is 26.4. The quantitative estimate of drug-likeness (QED) is 0.0955. The first-order valence-corrected chi connectivity index (χ1v) is 14.3. The molecule has 55 heavy (non-hydrogen) atoms. The van der Waals surface area contributed by atoms with Gasteiger partial charge in [0.1, 0.15) is 0 Å². The van der Waals surface area contributed by atoms with E-state index in [0.717, 1.165) is 0 Å². The SMILES string of the molecule is CO[Si](CCC(F)(F)C(F)(F)C(F)(F)C(F)(F)C(F)(F)C(F)(F)C(F)(F)C(F)(F)C(F)(F)C(F)(F)C(F)(F)C(F)(F)C(F)(F)C(F)(F)C(F)(F)F)(OC)OC. The zero-order valence-electron chi connectivity index (χ0n) is 25.4. The lowest BCUT2D eigenvalue weighted by Gasteiger charge is -2.46. The van der Waals surface area contributed by atoms with E-state index in [1.54, 1.807) is 0 Å². The Morgan fingerprint density at radius 2 is 0.436 bits per heavy atom. The van der Waals surface area contributed by atoms with Crippen molar-refractivity contribution in [2.45, 2.75) is 102 Å². The molecule has 0 aromatic rings. The molecule has 0 saturated heterocycles. The topological polar surface area (TPSA) is 27.7 Å². The minimum Gasteiger partial charge on any atom is -0.377 e. The molecule has 0 heterocycles. The average Bonchev–Trinajstić information content (AvgIpc) is 3.00. The highest BCUT2D eigenvalue weighted by Gasteiger charge is 3.01. The third-order valence-electron chi connectivity index (χ3n) is 7.23. The molecule has 0 N–H and O–H groups in total. The van der Waals surface area contributed by atoms with Gasteiger partial charge < -0.3 is 13.3 Å². The zero-order chi connectivity index (χ0) is 45.5. The molecule has 0 saturated carbocycles. The lowest BCUT2D eigenvalue weighted by molar-refractivity contribution is -0.489. The molecule has 0 unspecified atom stereocenters. The summed E-state index contributed by atoms with van der Waals surface area (Å²) in [5.41, 5.74) is 0. The molecule has 35 heteroatoms. The van der Waals surface area contributed by atoms with Crippen molar-refractivity contribution < 1.29 is 149 Å². The maximum absolute atomic E-state index is 14.1. The Kier molecular flexibility index (Phi) is 13.2. The maximum atomic E-state index is 14.1. The predicted octanol–water partition coefficient (Wildman–Crippen LogP) is 10.7. The molecule has 0 aromatic carbocycles. The number of hydrogen-bond donors (Lipinski definition) is 0. The van der Waals surface area contributed by atoms with Crippen LogP contribution >= 0.6 is 0 Å². The van der Waals surface area contributed by atoms with Crippen molar-refractivity contribution in [1.82, 2.24) is 0 Å². The van der Waals surface area contributed by atoms with Gasteiger partial charge in [-0.3, -0.25) is 0 Å². The van der Waals surface area contributed by atoms with E-state index in [1.807, 2.05) is 0 Å². The summed E-state index contributed by atoms with van der Waals surface area (Å²) in [4.78, 5) is 0. The van der Waals surface area contributed by atoms with Crippen LogP contribution in [-0.4, -0.2) is 119 Å². The Balaban J connectivity index is 7.56. The van der Waals surface area contributed by atoms with Gasteiger partial charge >= 0.3 is 97.9 Å². The average molecular weight is 918 g/mol. The smallest absolute Gasteiger partial charge is 0.377 e. The van der Waals surface area contributed by atoms with Gasteiger partial charge in [-0.1, -0.05) is 0 Å². The summed E-state index contributed by atoms with van der Waals surface area (Å²) in [7, 11) is -3.46. The second-order valence-corrected chi connectivity index (χ2v) is 13.6. The summed E-state index contributed by atoms with van der Waals surface area (Å²) in [6, 6.07) is -1.98. The summed E-state index contributed by atoms with van der Waals surface area (Å²) < 4.78 is 436. The fraction of sp³-hybridized carbons (Fsp3) is 1.00. The Hall–Kier alpha value is -2.07. The van der Waals surface area contributed by atoms with Gasteiger partial charge in [-0.05, 0) is 0 Å². The molecule has 0 radical (unpaired) electrons. The van der Waals surface area contributed by atoms with Crippen molar-refractivity contribution in [3.05, 3.63) is 0 Å². The van der Waals surface area contributed by atoms with Crippen LogP contribution in [0.1, 0.15) is 6.42 Å². The lowest BCUT2D eigenvalue weighted by Crippen LogP contribution is -2.79. The van der Waals surface area contributed by atoms with Crippen LogP contribution in [0.25, 0.3) is 0 Å². The number of rotatable bonds is 19. The minimum absolute atomic E-state index is 0.435. The van der Waals surface area contributed by atoms with E-state index in [0.29, 0.717) is 21.3 Å². The maximum Gasteiger partial charge on any atom is 0.500 e. The molecule has 0 aromatic heterocycles. The molecule has 332 valence electrons.